The summed E-state index contributed by atoms with van der Waals surface area (Å²) in [6.45, 7) is 3.17. The van der Waals surface area contributed by atoms with Crippen molar-refractivity contribution < 1.29 is 9.18 Å². The maximum atomic E-state index is 14.6. The van der Waals surface area contributed by atoms with Crippen LogP contribution in [-0.2, 0) is 19.5 Å². The van der Waals surface area contributed by atoms with Gasteiger partial charge in [0.25, 0.3) is 5.91 Å². The zero-order valence-corrected chi connectivity index (χ0v) is 16.8. The lowest BCUT2D eigenvalue weighted by atomic mass is 9.95. The van der Waals surface area contributed by atoms with Crippen LogP contribution in [0.1, 0.15) is 32.9 Å². The average molecular weight is 418 g/mol. The second kappa shape index (κ2) is 7.57. The van der Waals surface area contributed by atoms with E-state index < -0.39 is 0 Å². The van der Waals surface area contributed by atoms with Crippen LogP contribution in [0.25, 0.3) is 0 Å². The number of aromatic nitrogens is 2. The highest BCUT2D eigenvalue weighted by atomic mass is 35.5. The molecule has 0 bridgehead atoms. The predicted molar refractivity (Wildman–Crippen MR) is 107 cm³/mol. The van der Waals surface area contributed by atoms with Crippen molar-refractivity contribution in [2.75, 3.05) is 6.54 Å². The molecule has 4 nitrogen and oxygen atoms in total. The average Bonchev–Trinajstić information content (AvgIpc) is 3.06. The van der Waals surface area contributed by atoms with E-state index in [0.717, 1.165) is 17.0 Å². The van der Waals surface area contributed by atoms with Crippen molar-refractivity contribution >= 4 is 29.1 Å². The van der Waals surface area contributed by atoms with Crippen molar-refractivity contribution in [3.05, 3.63) is 86.7 Å². The number of aryl methyl sites for hydroxylation is 1. The van der Waals surface area contributed by atoms with Gasteiger partial charge in [0.15, 0.2) is 0 Å². The summed E-state index contributed by atoms with van der Waals surface area (Å²) in [6.07, 6.45) is 4.09. The third-order valence-electron chi connectivity index (χ3n) is 5.06. The molecule has 7 heteroatoms. The van der Waals surface area contributed by atoms with Crippen LogP contribution < -0.4 is 0 Å². The molecule has 0 atom stereocenters. The summed E-state index contributed by atoms with van der Waals surface area (Å²) in [6, 6.07) is 8.51. The Morgan fingerprint density at radius 2 is 1.96 bits per heavy atom. The Balaban J connectivity index is 1.60. The summed E-state index contributed by atoms with van der Waals surface area (Å²) < 4.78 is 16.4. The molecule has 1 aromatic heterocycles. The first-order valence-electron chi connectivity index (χ1n) is 8.94. The third-order valence-corrected chi connectivity index (χ3v) is 5.80. The number of amides is 1. The van der Waals surface area contributed by atoms with Crippen LogP contribution in [0, 0.1) is 12.7 Å². The van der Waals surface area contributed by atoms with E-state index in [2.05, 4.69) is 4.98 Å². The Labute approximate surface area is 172 Å². The Hall–Kier alpha value is -2.37. The van der Waals surface area contributed by atoms with Gasteiger partial charge in [-0.2, -0.15) is 0 Å². The molecule has 1 amide bonds. The van der Waals surface area contributed by atoms with Crippen LogP contribution in [0.3, 0.4) is 0 Å². The van der Waals surface area contributed by atoms with Crippen molar-refractivity contribution in [3.63, 3.8) is 0 Å². The van der Waals surface area contributed by atoms with Gasteiger partial charge in [-0.3, -0.25) is 4.79 Å². The fourth-order valence-corrected chi connectivity index (χ4v) is 3.80. The molecule has 0 saturated carbocycles. The fourth-order valence-electron chi connectivity index (χ4n) is 3.48. The molecule has 0 N–H and O–H groups in total. The quantitative estimate of drug-likeness (QED) is 0.606. The van der Waals surface area contributed by atoms with Crippen molar-refractivity contribution in [1.82, 2.24) is 14.5 Å². The lowest BCUT2D eigenvalue weighted by Crippen LogP contribution is -2.37. The Morgan fingerprint density at radius 3 is 2.68 bits per heavy atom. The number of hydrogen-bond donors (Lipinski definition) is 0. The van der Waals surface area contributed by atoms with Gasteiger partial charge in [0.05, 0.1) is 16.6 Å². The molecule has 0 saturated heterocycles. The molecule has 0 spiro atoms. The van der Waals surface area contributed by atoms with Crippen LogP contribution >= 0.6 is 23.2 Å². The number of rotatable bonds is 4. The van der Waals surface area contributed by atoms with Gasteiger partial charge in [-0.05, 0) is 48.7 Å². The van der Waals surface area contributed by atoms with Crippen molar-refractivity contribution in [3.8, 4) is 0 Å². The monoisotopic (exact) mass is 417 g/mol. The van der Waals surface area contributed by atoms with Crippen LogP contribution in [0.5, 0.6) is 0 Å². The van der Waals surface area contributed by atoms with Gasteiger partial charge in [0.1, 0.15) is 11.6 Å². The summed E-state index contributed by atoms with van der Waals surface area (Å²) in [5.41, 5.74) is 2.69. The molecule has 4 rings (SSSR count). The normalized spacial score (nSPS) is 13.7. The molecule has 144 valence electrons. The van der Waals surface area contributed by atoms with Crippen LogP contribution in [0.2, 0.25) is 10.0 Å². The minimum absolute atomic E-state index is 0.101. The summed E-state index contributed by atoms with van der Waals surface area (Å²) in [5.74, 6) is 0.401. The number of hydrogen-bond acceptors (Lipinski definition) is 2. The summed E-state index contributed by atoms with van der Waals surface area (Å²) in [7, 11) is 0. The Morgan fingerprint density at radius 1 is 1.14 bits per heavy atom. The molecule has 28 heavy (non-hydrogen) atoms. The molecule has 3 aromatic rings. The molecular formula is C21H18Cl2FN3O. The summed E-state index contributed by atoms with van der Waals surface area (Å²) in [4.78, 5) is 18.9. The maximum Gasteiger partial charge on any atom is 0.254 e. The van der Waals surface area contributed by atoms with E-state index in [1.807, 2.05) is 17.6 Å². The number of carbonyl (C=O) groups is 1. The molecule has 0 aliphatic carbocycles. The number of imidazole rings is 1. The van der Waals surface area contributed by atoms with Gasteiger partial charge in [0.2, 0.25) is 0 Å². The van der Waals surface area contributed by atoms with Gasteiger partial charge in [-0.25, -0.2) is 9.37 Å². The van der Waals surface area contributed by atoms with Crippen LogP contribution in [0.15, 0.2) is 42.7 Å². The van der Waals surface area contributed by atoms with Gasteiger partial charge in [0, 0.05) is 36.6 Å². The minimum atomic E-state index is -0.294. The highest BCUT2D eigenvalue weighted by Gasteiger charge is 2.26. The topological polar surface area (TPSA) is 38.1 Å². The SMILES string of the molecule is Cc1nccn1Cc1cc2c(cc1F)CCN(Cc1ccc(Cl)c(Cl)c1)C2=O. The number of nitrogens with zero attached hydrogens (tertiary/aromatic N) is 3. The lowest BCUT2D eigenvalue weighted by molar-refractivity contribution is 0.0726. The number of carbonyl (C=O) groups excluding carboxylic acids is 1. The Bertz CT molecular complexity index is 1060. The van der Waals surface area contributed by atoms with Crippen LogP contribution in [-0.4, -0.2) is 26.9 Å². The Kier molecular flexibility index (Phi) is 5.13. The number of halogens is 3. The second-order valence-electron chi connectivity index (χ2n) is 6.93. The summed E-state index contributed by atoms with van der Waals surface area (Å²) in [5, 5.41) is 0.944. The number of fused-ring (bicyclic) bond motifs is 1. The van der Waals surface area contributed by atoms with E-state index in [9.17, 15) is 9.18 Å². The van der Waals surface area contributed by atoms with Gasteiger partial charge in [-0.1, -0.05) is 29.3 Å². The second-order valence-corrected chi connectivity index (χ2v) is 7.74. The molecule has 2 aromatic carbocycles. The van der Waals surface area contributed by atoms with E-state index >= 15 is 0 Å². The van der Waals surface area contributed by atoms with E-state index in [1.165, 1.54) is 6.07 Å². The standard InChI is InChI=1S/C21H18Cl2FN3O/c1-13-25-5-7-26(13)12-16-9-17-15(10-20(16)24)4-6-27(21(17)28)11-14-2-3-18(22)19(23)8-14/h2-3,5,7-10H,4,6,11-12H2,1H3. The third kappa shape index (κ3) is 3.64. The number of benzene rings is 2. The zero-order chi connectivity index (χ0) is 19.8. The summed E-state index contributed by atoms with van der Waals surface area (Å²) >= 11 is 12.0. The molecule has 0 radical (unpaired) electrons. The molecular weight excluding hydrogens is 400 g/mol. The molecule has 0 unspecified atom stereocenters. The van der Waals surface area contributed by atoms with E-state index in [1.54, 1.807) is 35.5 Å². The first kappa shape index (κ1) is 19.0. The first-order valence-corrected chi connectivity index (χ1v) is 9.70. The fraction of sp³-hybridized carbons (Fsp3) is 0.238. The van der Waals surface area contributed by atoms with Gasteiger partial charge in [-0.15, -0.1) is 0 Å². The van der Waals surface area contributed by atoms with Crippen molar-refractivity contribution in [2.45, 2.75) is 26.4 Å². The van der Waals surface area contributed by atoms with E-state index in [4.69, 9.17) is 23.2 Å². The highest BCUT2D eigenvalue weighted by molar-refractivity contribution is 6.42. The molecule has 1 aliphatic rings. The van der Waals surface area contributed by atoms with Crippen molar-refractivity contribution in [1.29, 1.82) is 0 Å². The van der Waals surface area contributed by atoms with Gasteiger partial charge >= 0.3 is 0 Å². The van der Waals surface area contributed by atoms with E-state index in [0.29, 0.717) is 47.2 Å². The lowest BCUT2D eigenvalue weighted by Gasteiger charge is -2.29. The maximum absolute atomic E-state index is 14.6. The largest absolute Gasteiger partial charge is 0.334 e. The highest BCUT2D eigenvalue weighted by Crippen LogP contribution is 2.27. The molecule has 2 heterocycles. The minimum Gasteiger partial charge on any atom is -0.334 e. The molecule has 1 aliphatic heterocycles. The smallest absolute Gasteiger partial charge is 0.254 e. The van der Waals surface area contributed by atoms with E-state index in [-0.39, 0.29) is 11.7 Å². The molecule has 0 fully saturated rings. The predicted octanol–water partition coefficient (Wildman–Crippen LogP) is 4.88. The first-order chi connectivity index (χ1) is 13.4. The van der Waals surface area contributed by atoms with Crippen molar-refractivity contribution in [2.24, 2.45) is 0 Å². The van der Waals surface area contributed by atoms with Gasteiger partial charge < -0.3 is 9.47 Å². The zero-order valence-electron chi connectivity index (χ0n) is 15.3. The van der Waals surface area contributed by atoms with Crippen LogP contribution in [0.4, 0.5) is 4.39 Å².